The summed E-state index contributed by atoms with van der Waals surface area (Å²) >= 11 is 1.43. The molecule has 0 bridgehead atoms. The minimum absolute atomic E-state index is 0.0660. The molecule has 1 aliphatic rings. The topological polar surface area (TPSA) is 72.1 Å². The van der Waals surface area contributed by atoms with E-state index in [0.717, 1.165) is 23.5 Å². The van der Waals surface area contributed by atoms with Crippen LogP contribution in [0.2, 0.25) is 0 Å². The minimum Gasteiger partial charge on any atom is -0.335 e. The Morgan fingerprint density at radius 3 is 2.90 bits per heavy atom. The van der Waals surface area contributed by atoms with Gasteiger partial charge in [-0.2, -0.15) is 0 Å². The Morgan fingerprint density at radius 1 is 1.48 bits per heavy atom. The molecule has 3 rings (SSSR count). The van der Waals surface area contributed by atoms with Crippen LogP contribution in [0.1, 0.15) is 23.0 Å². The molecule has 0 aromatic carbocycles. The molecular weight excluding hydrogens is 284 g/mol. The highest BCUT2D eigenvalue weighted by molar-refractivity contribution is 7.16. The van der Waals surface area contributed by atoms with Crippen molar-refractivity contribution in [2.45, 2.75) is 19.4 Å². The second kappa shape index (κ2) is 5.91. The molecule has 2 aromatic heterocycles. The summed E-state index contributed by atoms with van der Waals surface area (Å²) in [6, 6.07) is 4.05. The van der Waals surface area contributed by atoms with Crippen LogP contribution in [0.25, 0.3) is 10.6 Å². The smallest absolute Gasteiger partial charge is 0.265 e. The van der Waals surface area contributed by atoms with E-state index in [1.165, 1.54) is 11.3 Å². The summed E-state index contributed by atoms with van der Waals surface area (Å²) in [5.41, 5.74) is 6.71. The molecule has 0 radical (unpaired) electrons. The van der Waals surface area contributed by atoms with E-state index >= 15 is 0 Å². The molecule has 1 fully saturated rings. The normalized spacial score (nSPS) is 21.7. The van der Waals surface area contributed by atoms with Crippen LogP contribution >= 0.6 is 11.3 Å². The first-order valence-corrected chi connectivity index (χ1v) is 7.88. The van der Waals surface area contributed by atoms with E-state index < -0.39 is 0 Å². The first-order chi connectivity index (χ1) is 10.2. The molecule has 6 heteroatoms. The molecule has 2 N–H and O–H groups in total. The fraction of sp³-hybridized carbons (Fsp3) is 0.400. The summed E-state index contributed by atoms with van der Waals surface area (Å²) < 4.78 is 0. The van der Waals surface area contributed by atoms with Crippen LogP contribution in [0.3, 0.4) is 0 Å². The van der Waals surface area contributed by atoms with Gasteiger partial charge >= 0.3 is 0 Å². The lowest BCUT2D eigenvalue weighted by Crippen LogP contribution is -2.33. The van der Waals surface area contributed by atoms with Gasteiger partial charge in [-0.15, -0.1) is 11.3 Å². The summed E-state index contributed by atoms with van der Waals surface area (Å²) in [4.78, 5) is 23.6. The van der Waals surface area contributed by atoms with Gasteiger partial charge in [-0.1, -0.05) is 0 Å². The average molecular weight is 302 g/mol. The highest BCUT2D eigenvalue weighted by atomic mass is 32.1. The molecule has 3 heterocycles. The first-order valence-electron chi connectivity index (χ1n) is 7.06. The van der Waals surface area contributed by atoms with E-state index in [0.29, 0.717) is 17.3 Å². The zero-order chi connectivity index (χ0) is 14.8. The number of amides is 1. The quantitative estimate of drug-likeness (QED) is 0.941. The standard InChI is InChI=1S/C15H18N4OS/c1-10-6-11(7-16)9-19(10)15(20)13-8-18-14(21-13)12-2-4-17-5-3-12/h2-5,8,10-11H,6-7,9,16H2,1H3. The monoisotopic (exact) mass is 302 g/mol. The van der Waals surface area contributed by atoms with Crippen LogP contribution in [0.5, 0.6) is 0 Å². The number of carbonyl (C=O) groups is 1. The number of aromatic nitrogens is 2. The van der Waals surface area contributed by atoms with E-state index in [9.17, 15) is 4.79 Å². The van der Waals surface area contributed by atoms with Crippen molar-refractivity contribution < 1.29 is 4.79 Å². The number of carbonyl (C=O) groups excluding carboxylic acids is 1. The highest BCUT2D eigenvalue weighted by Crippen LogP contribution is 2.29. The Labute approximate surface area is 127 Å². The van der Waals surface area contributed by atoms with E-state index in [-0.39, 0.29) is 11.9 Å². The van der Waals surface area contributed by atoms with E-state index in [2.05, 4.69) is 16.9 Å². The molecule has 1 amide bonds. The number of hydrogen-bond acceptors (Lipinski definition) is 5. The van der Waals surface area contributed by atoms with Gasteiger partial charge in [-0.25, -0.2) is 4.98 Å². The van der Waals surface area contributed by atoms with Crippen molar-refractivity contribution >= 4 is 17.2 Å². The lowest BCUT2D eigenvalue weighted by atomic mass is 10.1. The molecule has 110 valence electrons. The van der Waals surface area contributed by atoms with Crippen LogP contribution < -0.4 is 5.73 Å². The van der Waals surface area contributed by atoms with Crippen LogP contribution in [0.15, 0.2) is 30.7 Å². The zero-order valence-corrected chi connectivity index (χ0v) is 12.7. The Kier molecular flexibility index (Phi) is 3.98. The fourth-order valence-electron chi connectivity index (χ4n) is 2.74. The van der Waals surface area contributed by atoms with Crippen molar-refractivity contribution in [1.29, 1.82) is 0 Å². The van der Waals surface area contributed by atoms with Gasteiger partial charge in [0.1, 0.15) is 9.88 Å². The molecule has 0 spiro atoms. The van der Waals surface area contributed by atoms with Crippen LogP contribution in [-0.2, 0) is 0 Å². The number of nitrogens with zero attached hydrogens (tertiary/aromatic N) is 3. The minimum atomic E-state index is 0.0660. The molecule has 5 nitrogen and oxygen atoms in total. The molecular formula is C15H18N4OS. The number of thiazole rings is 1. The molecule has 1 aliphatic heterocycles. The summed E-state index contributed by atoms with van der Waals surface area (Å²) in [6.07, 6.45) is 6.11. The van der Waals surface area contributed by atoms with Crippen molar-refractivity contribution in [1.82, 2.24) is 14.9 Å². The molecule has 2 unspecified atom stereocenters. The van der Waals surface area contributed by atoms with Gasteiger partial charge in [0.05, 0.1) is 6.20 Å². The number of likely N-dealkylation sites (tertiary alicyclic amines) is 1. The van der Waals surface area contributed by atoms with Crippen molar-refractivity contribution in [2.24, 2.45) is 11.7 Å². The lowest BCUT2D eigenvalue weighted by molar-refractivity contribution is 0.0748. The summed E-state index contributed by atoms with van der Waals surface area (Å²) in [5.74, 6) is 0.479. The maximum absolute atomic E-state index is 12.6. The van der Waals surface area contributed by atoms with Crippen molar-refractivity contribution in [3.63, 3.8) is 0 Å². The maximum atomic E-state index is 12.6. The van der Waals surface area contributed by atoms with Crippen molar-refractivity contribution in [2.75, 3.05) is 13.1 Å². The first kappa shape index (κ1) is 14.2. The second-order valence-electron chi connectivity index (χ2n) is 5.41. The SMILES string of the molecule is CC1CC(CN)CN1C(=O)c1cnc(-c2ccncc2)s1. The third-order valence-electron chi connectivity index (χ3n) is 3.90. The van der Waals surface area contributed by atoms with E-state index in [4.69, 9.17) is 5.73 Å². The Hall–Kier alpha value is -1.79. The second-order valence-corrected chi connectivity index (χ2v) is 6.44. The number of nitrogens with two attached hydrogens (primary N) is 1. The number of pyridine rings is 1. The number of hydrogen-bond donors (Lipinski definition) is 1. The summed E-state index contributed by atoms with van der Waals surface area (Å²) in [5, 5.41) is 0.850. The number of rotatable bonds is 3. The third kappa shape index (κ3) is 2.82. The summed E-state index contributed by atoms with van der Waals surface area (Å²) in [6.45, 7) is 3.47. The van der Waals surface area contributed by atoms with Crippen LogP contribution in [-0.4, -0.2) is 39.9 Å². The Balaban J connectivity index is 1.79. The lowest BCUT2D eigenvalue weighted by Gasteiger charge is -2.20. The predicted octanol–water partition coefficient (Wildman–Crippen LogP) is 2.01. The van der Waals surface area contributed by atoms with E-state index in [1.54, 1.807) is 18.6 Å². The summed E-state index contributed by atoms with van der Waals surface area (Å²) in [7, 11) is 0. The molecule has 2 aromatic rings. The fourth-order valence-corrected chi connectivity index (χ4v) is 3.62. The van der Waals surface area contributed by atoms with Gasteiger partial charge in [0.25, 0.3) is 5.91 Å². The van der Waals surface area contributed by atoms with Gasteiger partial charge in [-0.3, -0.25) is 9.78 Å². The average Bonchev–Trinajstić information content (AvgIpc) is 3.14. The van der Waals surface area contributed by atoms with Crippen molar-refractivity contribution in [3.05, 3.63) is 35.6 Å². The van der Waals surface area contributed by atoms with Crippen LogP contribution in [0.4, 0.5) is 0 Å². The molecule has 0 saturated carbocycles. The largest absolute Gasteiger partial charge is 0.335 e. The zero-order valence-electron chi connectivity index (χ0n) is 11.9. The van der Waals surface area contributed by atoms with E-state index in [1.807, 2.05) is 17.0 Å². The highest BCUT2D eigenvalue weighted by Gasteiger charge is 2.32. The van der Waals surface area contributed by atoms with Crippen LogP contribution in [0, 0.1) is 5.92 Å². The maximum Gasteiger partial charge on any atom is 0.265 e. The van der Waals surface area contributed by atoms with Gasteiger partial charge in [0.2, 0.25) is 0 Å². The Bertz CT molecular complexity index is 628. The van der Waals surface area contributed by atoms with Gasteiger partial charge in [-0.05, 0) is 37.9 Å². The van der Waals surface area contributed by atoms with Gasteiger partial charge in [0.15, 0.2) is 0 Å². The molecule has 0 aliphatic carbocycles. The van der Waals surface area contributed by atoms with Gasteiger partial charge in [0, 0.05) is 30.5 Å². The predicted molar refractivity (Wildman–Crippen MR) is 83.0 cm³/mol. The third-order valence-corrected chi connectivity index (χ3v) is 4.93. The molecule has 1 saturated heterocycles. The van der Waals surface area contributed by atoms with Crippen molar-refractivity contribution in [3.8, 4) is 10.6 Å². The van der Waals surface area contributed by atoms with Gasteiger partial charge < -0.3 is 10.6 Å². The Morgan fingerprint density at radius 2 is 2.24 bits per heavy atom. The molecule has 21 heavy (non-hydrogen) atoms. The molecule has 2 atom stereocenters.